The van der Waals surface area contributed by atoms with E-state index < -0.39 is 0 Å². The molecule has 3 nitrogen and oxygen atoms in total. The van der Waals surface area contributed by atoms with Crippen molar-refractivity contribution < 1.29 is 9.31 Å². The van der Waals surface area contributed by atoms with Crippen molar-refractivity contribution in [3.63, 3.8) is 0 Å². The average molecular weight is 237 g/mol. The third-order valence-electron chi connectivity index (χ3n) is 3.65. The maximum Gasteiger partial charge on any atom is 0.496 e. The molecule has 1 saturated heterocycles. The summed E-state index contributed by atoms with van der Waals surface area (Å²) in [5, 5.41) is 0. The number of hydrogen-bond acceptors (Lipinski definition) is 3. The predicted octanol–water partition coefficient (Wildman–Crippen LogP) is 2.82. The van der Waals surface area contributed by atoms with Crippen molar-refractivity contribution in [3.8, 4) is 0 Å². The van der Waals surface area contributed by atoms with Crippen LogP contribution in [0.3, 0.4) is 0 Å². The fourth-order valence-corrected chi connectivity index (χ4v) is 1.79. The minimum absolute atomic E-state index is 0.321. The van der Waals surface area contributed by atoms with Crippen LogP contribution in [0.4, 0.5) is 0 Å². The van der Waals surface area contributed by atoms with Gasteiger partial charge >= 0.3 is 7.12 Å². The second kappa shape index (κ2) is 4.87. The Kier molecular flexibility index (Phi) is 4.10. The molecule has 1 aliphatic heterocycles. The highest BCUT2D eigenvalue weighted by Crippen LogP contribution is 2.39. The smallest absolute Gasteiger partial charge is 0.405 e. The molecule has 2 N–H and O–H groups in total. The Balaban J connectivity index is 2.94. The predicted molar refractivity (Wildman–Crippen MR) is 72.4 cm³/mol. The van der Waals surface area contributed by atoms with Crippen LogP contribution in [0, 0.1) is 0 Å². The molecule has 0 aliphatic carbocycles. The van der Waals surface area contributed by atoms with Crippen LogP contribution < -0.4 is 5.73 Å². The average Bonchev–Trinajstić information content (AvgIpc) is 2.37. The highest BCUT2D eigenvalue weighted by molar-refractivity contribution is 6.56. The van der Waals surface area contributed by atoms with Gasteiger partial charge in [-0.2, -0.15) is 0 Å². The molecule has 1 fully saturated rings. The molecule has 0 radical (unpaired) electrons. The topological polar surface area (TPSA) is 44.5 Å². The Labute approximate surface area is 105 Å². The first-order valence-corrected chi connectivity index (χ1v) is 6.19. The van der Waals surface area contributed by atoms with Crippen LogP contribution in [-0.4, -0.2) is 18.3 Å². The summed E-state index contributed by atoms with van der Waals surface area (Å²) in [7, 11) is -0.368. The molecule has 1 aliphatic rings. The van der Waals surface area contributed by atoms with Crippen molar-refractivity contribution in [2.75, 3.05) is 0 Å². The molecule has 0 aromatic heterocycles. The molecule has 1 rings (SSSR count). The summed E-state index contributed by atoms with van der Waals surface area (Å²) in [6, 6.07) is 0. The Morgan fingerprint density at radius 3 is 2.00 bits per heavy atom. The van der Waals surface area contributed by atoms with Gasteiger partial charge in [0, 0.05) is 5.47 Å². The Hall–Kier alpha value is -0.735. The zero-order valence-electron chi connectivity index (χ0n) is 11.8. The lowest BCUT2D eigenvalue weighted by Gasteiger charge is -2.32. The lowest BCUT2D eigenvalue weighted by Crippen LogP contribution is -2.41. The Morgan fingerprint density at radius 1 is 1.18 bits per heavy atom. The third-order valence-corrected chi connectivity index (χ3v) is 3.65. The van der Waals surface area contributed by atoms with E-state index in [2.05, 4.69) is 13.0 Å². The van der Waals surface area contributed by atoms with Gasteiger partial charge < -0.3 is 15.0 Å². The van der Waals surface area contributed by atoms with E-state index in [0.717, 1.165) is 17.5 Å². The van der Waals surface area contributed by atoms with Crippen molar-refractivity contribution in [1.82, 2.24) is 0 Å². The van der Waals surface area contributed by atoms with E-state index in [1.165, 1.54) is 0 Å². The second-order valence-electron chi connectivity index (χ2n) is 5.51. The quantitative estimate of drug-likeness (QED) is 0.606. The maximum absolute atomic E-state index is 5.97. The number of allylic oxidation sites excluding steroid dienone is 3. The number of hydrogen-bond donors (Lipinski definition) is 1. The van der Waals surface area contributed by atoms with Crippen LogP contribution in [0.5, 0.6) is 0 Å². The molecule has 0 unspecified atom stereocenters. The molecule has 0 amide bonds. The fraction of sp³-hybridized carbons (Fsp3) is 0.692. The van der Waals surface area contributed by atoms with Gasteiger partial charge in [0.1, 0.15) is 0 Å². The van der Waals surface area contributed by atoms with Crippen LogP contribution in [0.2, 0.25) is 0 Å². The highest BCUT2D eigenvalue weighted by atomic mass is 16.7. The molecular formula is C13H24BNO2. The standard InChI is InChI=1S/C13H24BNO2/c1-7-8-10(2)11(9-15)14-16-12(3,4)13(5,6)17-14/h8-9H,7,15H2,1-6H3/b10-8-,11-9+. The SMILES string of the molecule is CC/C=C(C)\C(=C/N)B1OC(C)(C)C(C)(C)O1. The lowest BCUT2D eigenvalue weighted by atomic mass is 9.74. The van der Waals surface area contributed by atoms with Gasteiger partial charge in [-0.05, 0) is 47.2 Å². The first-order chi connectivity index (χ1) is 7.75. The highest BCUT2D eigenvalue weighted by Gasteiger charge is 2.52. The monoisotopic (exact) mass is 237 g/mol. The van der Waals surface area contributed by atoms with Crippen LogP contribution in [0.25, 0.3) is 0 Å². The van der Waals surface area contributed by atoms with Gasteiger partial charge in [-0.15, -0.1) is 0 Å². The Morgan fingerprint density at radius 2 is 1.65 bits per heavy atom. The van der Waals surface area contributed by atoms with Crippen molar-refractivity contribution in [3.05, 3.63) is 23.3 Å². The van der Waals surface area contributed by atoms with Gasteiger partial charge in [-0.1, -0.05) is 18.6 Å². The van der Waals surface area contributed by atoms with Crippen LogP contribution in [-0.2, 0) is 9.31 Å². The zero-order chi connectivity index (χ0) is 13.3. The maximum atomic E-state index is 5.97. The minimum Gasteiger partial charge on any atom is -0.405 e. The van der Waals surface area contributed by atoms with E-state index >= 15 is 0 Å². The summed E-state index contributed by atoms with van der Waals surface area (Å²) < 4.78 is 11.9. The lowest BCUT2D eigenvalue weighted by molar-refractivity contribution is 0.00578. The zero-order valence-corrected chi connectivity index (χ0v) is 11.8. The molecule has 17 heavy (non-hydrogen) atoms. The fourth-order valence-electron chi connectivity index (χ4n) is 1.79. The van der Waals surface area contributed by atoms with E-state index in [9.17, 15) is 0 Å². The van der Waals surface area contributed by atoms with Crippen LogP contribution in [0.15, 0.2) is 23.3 Å². The molecule has 0 aromatic rings. The molecule has 1 heterocycles. The summed E-state index contributed by atoms with van der Waals surface area (Å²) in [5.74, 6) is 0. The summed E-state index contributed by atoms with van der Waals surface area (Å²) in [5.41, 5.74) is 7.10. The van der Waals surface area contributed by atoms with Crippen molar-refractivity contribution >= 4 is 7.12 Å². The summed E-state index contributed by atoms with van der Waals surface area (Å²) >= 11 is 0. The first kappa shape index (κ1) is 14.3. The second-order valence-corrected chi connectivity index (χ2v) is 5.51. The van der Waals surface area contributed by atoms with Crippen LogP contribution in [0.1, 0.15) is 48.0 Å². The normalized spacial score (nSPS) is 24.2. The van der Waals surface area contributed by atoms with E-state index in [4.69, 9.17) is 15.0 Å². The van der Waals surface area contributed by atoms with E-state index in [1.54, 1.807) is 6.20 Å². The van der Waals surface area contributed by atoms with Crippen molar-refractivity contribution in [2.24, 2.45) is 5.73 Å². The van der Waals surface area contributed by atoms with E-state index in [-0.39, 0.29) is 18.3 Å². The minimum atomic E-state index is -0.368. The molecule has 0 bridgehead atoms. The van der Waals surface area contributed by atoms with Gasteiger partial charge in [-0.25, -0.2) is 0 Å². The summed E-state index contributed by atoms with van der Waals surface area (Å²) in [4.78, 5) is 0. The summed E-state index contributed by atoms with van der Waals surface area (Å²) in [6.45, 7) is 12.3. The van der Waals surface area contributed by atoms with Gasteiger partial charge in [0.15, 0.2) is 0 Å². The molecular weight excluding hydrogens is 213 g/mol. The van der Waals surface area contributed by atoms with E-state index in [1.807, 2.05) is 34.6 Å². The molecule has 96 valence electrons. The van der Waals surface area contributed by atoms with Gasteiger partial charge in [0.2, 0.25) is 0 Å². The molecule has 0 spiro atoms. The van der Waals surface area contributed by atoms with Crippen molar-refractivity contribution in [2.45, 2.75) is 59.2 Å². The number of nitrogens with two attached hydrogens (primary N) is 1. The molecule has 4 heteroatoms. The van der Waals surface area contributed by atoms with Crippen LogP contribution >= 0.6 is 0 Å². The largest absolute Gasteiger partial charge is 0.496 e. The third kappa shape index (κ3) is 2.75. The molecule has 0 aromatic carbocycles. The van der Waals surface area contributed by atoms with Gasteiger partial charge in [-0.3, -0.25) is 0 Å². The number of rotatable bonds is 3. The first-order valence-electron chi connectivity index (χ1n) is 6.19. The molecule has 0 atom stereocenters. The molecule has 0 saturated carbocycles. The van der Waals surface area contributed by atoms with Gasteiger partial charge in [0.05, 0.1) is 11.2 Å². The summed E-state index contributed by atoms with van der Waals surface area (Å²) in [6.07, 6.45) is 4.69. The van der Waals surface area contributed by atoms with Gasteiger partial charge in [0.25, 0.3) is 0 Å². The van der Waals surface area contributed by atoms with Crippen molar-refractivity contribution in [1.29, 1.82) is 0 Å². The van der Waals surface area contributed by atoms with E-state index in [0.29, 0.717) is 0 Å². The Bertz CT molecular complexity index is 329.